The molecule has 0 aliphatic rings. The van der Waals surface area contributed by atoms with Crippen molar-refractivity contribution in [3.8, 4) is 0 Å². The summed E-state index contributed by atoms with van der Waals surface area (Å²) in [6.45, 7) is 0.745. The SMILES string of the molecule is O=C(NCc1ccc(F)c(Cl)c1)c1ncnc2c(NCc3ccccc3)n[nH]c12. The van der Waals surface area contributed by atoms with Gasteiger partial charge in [-0.05, 0) is 23.3 Å². The van der Waals surface area contributed by atoms with Crippen LogP contribution in [-0.2, 0) is 13.1 Å². The van der Waals surface area contributed by atoms with Gasteiger partial charge in [-0.3, -0.25) is 9.89 Å². The van der Waals surface area contributed by atoms with Crippen LogP contribution in [-0.4, -0.2) is 26.1 Å². The summed E-state index contributed by atoms with van der Waals surface area (Å²) in [6.07, 6.45) is 1.31. The standard InChI is InChI=1S/C20H16ClFN6O/c21-14-8-13(6-7-15(14)22)10-24-20(29)18-16-17(25-11-26-18)19(28-27-16)23-9-12-4-2-1-3-5-12/h1-8,11H,9-10H2,(H,24,29)(H2,23,27,28). The van der Waals surface area contributed by atoms with Crippen molar-refractivity contribution in [2.24, 2.45) is 0 Å². The molecule has 4 rings (SSSR count). The quantitative estimate of drug-likeness (QED) is 0.450. The van der Waals surface area contributed by atoms with E-state index < -0.39 is 11.7 Å². The van der Waals surface area contributed by atoms with Crippen LogP contribution in [0.1, 0.15) is 21.6 Å². The highest BCUT2D eigenvalue weighted by atomic mass is 35.5. The average molecular weight is 411 g/mol. The number of hydrogen-bond donors (Lipinski definition) is 3. The third-order valence-electron chi connectivity index (χ3n) is 4.31. The molecule has 9 heteroatoms. The monoisotopic (exact) mass is 410 g/mol. The molecular formula is C20H16ClFN6O. The number of benzene rings is 2. The molecule has 2 aromatic heterocycles. The Bertz CT molecular complexity index is 1160. The number of amides is 1. The molecule has 2 heterocycles. The summed E-state index contributed by atoms with van der Waals surface area (Å²) in [5.74, 6) is -0.381. The number of carbonyl (C=O) groups excluding carboxylic acids is 1. The summed E-state index contributed by atoms with van der Waals surface area (Å²) < 4.78 is 13.3. The molecule has 0 bridgehead atoms. The van der Waals surface area contributed by atoms with Crippen LogP contribution in [0.25, 0.3) is 11.0 Å². The van der Waals surface area contributed by atoms with Crippen molar-refractivity contribution in [2.45, 2.75) is 13.1 Å². The molecule has 0 spiro atoms. The third kappa shape index (κ3) is 4.17. The maximum absolute atomic E-state index is 13.3. The number of fused-ring (bicyclic) bond motifs is 1. The second kappa shape index (κ2) is 8.24. The van der Waals surface area contributed by atoms with Gasteiger partial charge in [0.15, 0.2) is 11.5 Å². The first kappa shape index (κ1) is 18.8. The summed E-state index contributed by atoms with van der Waals surface area (Å²) in [4.78, 5) is 20.9. The van der Waals surface area contributed by atoms with Gasteiger partial charge < -0.3 is 10.6 Å². The largest absolute Gasteiger partial charge is 0.363 e. The lowest BCUT2D eigenvalue weighted by Gasteiger charge is -2.06. The third-order valence-corrected chi connectivity index (χ3v) is 4.60. The van der Waals surface area contributed by atoms with E-state index in [0.29, 0.717) is 29.0 Å². The van der Waals surface area contributed by atoms with E-state index in [4.69, 9.17) is 11.6 Å². The molecule has 1 amide bonds. The molecule has 3 N–H and O–H groups in total. The normalized spacial score (nSPS) is 10.8. The van der Waals surface area contributed by atoms with Gasteiger partial charge >= 0.3 is 0 Å². The van der Waals surface area contributed by atoms with E-state index >= 15 is 0 Å². The van der Waals surface area contributed by atoms with Crippen LogP contribution < -0.4 is 10.6 Å². The van der Waals surface area contributed by atoms with Crippen molar-refractivity contribution < 1.29 is 9.18 Å². The predicted molar refractivity (Wildman–Crippen MR) is 108 cm³/mol. The highest BCUT2D eigenvalue weighted by Gasteiger charge is 2.17. The van der Waals surface area contributed by atoms with E-state index in [1.807, 2.05) is 30.3 Å². The molecular weight excluding hydrogens is 395 g/mol. The minimum Gasteiger partial charge on any atom is -0.363 e. The summed E-state index contributed by atoms with van der Waals surface area (Å²) in [5.41, 5.74) is 2.88. The van der Waals surface area contributed by atoms with Crippen LogP contribution in [0.3, 0.4) is 0 Å². The van der Waals surface area contributed by atoms with E-state index in [0.717, 1.165) is 5.56 Å². The minimum absolute atomic E-state index is 0.00359. The number of aromatic amines is 1. The van der Waals surface area contributed by atoms with Crippen molar-refractivity contribution in [3.05, 3.63) is 82.5 Å². The summed E-state index contributed by atoms with van der Waals surface area (Å²) >= 11 is 5.77. The molecule has 2 aromatic carbocycles. The average Bonchev–Trinajstić information content (AvgIpc) is 3.17. The second-order valence-corrected chi connectivity index (χ2v) is 6.70. The summed E-state index contributed by atoms with van der Waals surface area (Å²) in [5, 5.41) is 13.0. The van der Waals surface area contributed by atoms with Gasteiger partial charge in [-0.25, -0.2) is 14.4 Å². The summed E-state index contributed by atoms with van der Waals surface area (Å²) in [7, 11) is 0. The molecule has 0 saturated carbocycles. The van der Waals surface area contributed by atoms with Crippen molar-refractivity contribution in [1.29, 1.82) is 0 Å². The Labute approximate surface area is 170 Å². The lowest BCUT2D eigenvalue weighted by Crippen LogP contribution is -2.24. The van der Waals surface area contributed by atoms with Gasteiger partial charge in [0.25, 0.3) is 5.91 Å². The maximum Gasteiger partial charge on any atom is 0.272 e. The molecule has 0 unspecified atom stereocenters. The minimum atomic E-state index is -0.507. The number of anilines is 1. The fraction of sp³-hybridized carbons (Fsp3) is 0.100. The van der Waals surface area contributed by atoms with Gasteiger partial charge in [0.2, 0.25) is 0 Å². The zero-order chi connectivity index (χ0) is 20.2. The Morgan fingerprint density at radius 2 is 1.90 bits per heavy atom. The van der Waals surface area contributed by atoms with Crippen molar-refractivity contribution in [2.75, 3.05) is 5.32 Å². The fourth-order valence-corrected chi connectivity index (χ4v) is 3.03. The molecule has 7 nitrogen and oxygen atoms in total. The number of carbonyl (C=O) groups is 1. The van der Waals surface area contributed by atoms with Crippen LogP contribution in [0.4, 0.5) is 10.2 Å². The molecule has 146 valence electrons. The van der Waals surface area contributed by atoms with Gasteiger partial charge in [0.1, 0.15) is 23.2 Å². The first-order chi connectivity index (χ1) is 14.1. The topological polar surface area (TPSA) is 95.6 Å². The number of hydrogen-bond acceptors (Lipinski definition) is 5. The van der Waals surface area contributed by atoms with Crippen LogP contribution in [0.2, 0.25) is 5.02 Å². The Morgan fingerprint density at radius 1 is 1.07 bits per heavy atom. The van der Waals surface area contributed by atoms with Crippen LogP contribution in [0, 0.1) is 5.82 Å². The molecule has 0 aliphatic heterocycles. The van der Waals surface area contributed by atoms with E-state index in [-0.39, 0.29) is 17.3 Å². The van der Waals surface area contributed by atoms with Crippen LogP contribution in [0.15, 0.2) is 54.9 Å². The van der Waals surface area contributed by atoms with Gasteiger partial charge in [-0.2, -0.15) is 5.10 Å². The molecule has 4 aromatic rings. The van der Waals surface area contributed by atoms with E-state index in [9.17, 15) is 9.18 Å². The number of aromatic nitrogens is 4. The maximum atomic E-state index is 13.3. The number of rotatable bonds is 6. The van der Waals surface area contributed by atoms with Crippen LogP contribution >= 0.6 is 11.6 Å². The molecule has 0 atom stereocenters. The van der Waals surface area contributed by atoms with E-state index in [1.54, 1.807) is 6.07 Å². The van der Waals surface area contributed by atoms with Gasteiger partial charge in [0.05, 0.1) is 5.02 Å². The first-order valence-corrected chi connectivity index (χ1v) is 9.18. The van der Waals surface area contributed by atoms with Gasteiger partial charge in [-0.1, -0.05) is 48.0 Å². The van der Waals surface area contributed by atoms with E-state index in [2.05, 4.69) is 30.8 Å². The molecule has 0 radical (unpaired) electrons. The Morgan fingerprint density at radius 3 is 2.69 bits per heavy atom. The lowest BCUT2D eigenvalue weighted by atomic mass is 10.2. The predicted octanol–water partition coefficient (Wildman–Crippen LogP) is 3.69. The van der Waals surface area contributed by atoms with E-state index in [1.165, 1.54) is 18.5 Å². The lowest BCUT2D eigenvalue weighted by molar-refractivity contribution is 0.0947. The zero-order valence-electron chi connectivity index (χ0n) is 15.1. The van der Waals surface area contributed by atoms with Crippen molar-refractivity contribution in [1.82, 2.24) is 25.5 Å². The first-order valence-electron chi connectivity index (χ1n) is 8.81. The van der Waals surface area contributed by atoms with Gasteiger partial charge in [0, 0.05) is 13.1 Å². The molecule has 29 heavy (non-hydrogen) atoms. The number of nitrogens with zero attached hydrogens (tertiary/aromatic N) is 3. The smallest absolute Gasteiger partial charge is 0.272 e. The second-order valence-electron chi connectivity index (χ2n) is 6.29. The highest BCUT2D eigenvalue weighted by molar-refractivity contribution is 6.30. The molecule has 0 saturated heterocycles. The Balaban J connectivity index is 1.49. The molecule has 0 fully saturated rings. The van der Waals surface area contributed by atoms with Crippen molar-refractivity contribution in [3.63, 3.8) is 0 Å². The zero-order valence-corrected chi connectivity index (χ0v) is 15.9. The Hall–Kier alpha value is -3.52. The Kier molecular flexibility index (Phi) is 5.35. The molecule has 0 aliphatic carbocycles. The fourth-order valence-electron chi connectivity index (χ4n) is 2.83. The van der Waals surface area contributed by atoms with Crippen LogP contribution in [0.5, 0.6) is 0 Å². The number of H-pyrrole nitrogens is 1. The number of halogens is 2. The summed E-state index contributed by atoms with van der Waals surface area (Å²) in [6, 6.07) is 14.1. The van der Waals surface area contributed by atoms with Crippen molar-refractivity contribution >= 4 is 34.4 Å². The van der Waals surface area contributed by atoms with Gasteiger partial charge in [-0.15, -0.1) is 0 Å². The highest BCUT2D eigenvalue weighted by Crippen LogP contribution is 2.21. The number of nitrogens with one attached hydrogen (secondary N) is 3.